The smallest absolute Gasteiger partial charge is 0.276 e. The number of carbonyl (C=O) groups is 1. The van der Waals surface area contributed by atoms with Gasteiger partial charge in [0, 0.05) is 26.4 Å². The fourth-order valence-corrected chi connectivity index (χ4v) is 2.43. The quantitative estimate of drug-likeness (QED) is 0.896. The average molecular weight is 280 g/mol. The Morgan fingerprint density at radius 3 is 3.05 bits per heavy atom. The standard InChI is InChI=1S/C14H20N2O4/c1-14(2)9-16(7-10(20-14)8-19-3)13(18)12-11(17)5-4-6-15-12/h4-6,10,17H,7-9H2,1-3H3/t10-/m1/s1. The number of hydrogen-bond acceptors (Lipinski definition) is 5. The summed E-state index contributed by atoms with van der Waals surface area (Å²) in [4.78, 5) is 18.1. The zero-order chi connectivity index (χ0) is 14.8. The van der Waals surface area contributed by atoms with Gasteiger partial charge in [-0.25, -0.2) is 4.98 Å². The Morgan fingerprint density at radius 2 is 2.40 bits per heavy atom. The summed E-state index contributed by atoms with van der Waals surface area (Å²) in [5, 5.41) is 9.75. The molecule has 110 valence electrons. The summed E-state index contributed by atoms with van der Waals surface area (Å²) >= 11 is 0. The normalized spacial score (nSPS) is 21.8. The topological polar surface area (TPSA) is 71.9 Å². The van der Waals surface area contributed by atoms with Crippen LogP contribution in [0.15, 0.2) is 18.3 Å². The zero-order valence-electron chi connectivity index (χ0n) is 12.0. The average Bonchev–Trinajstić information content (AvgIpc) is 2.37. The molecular weight excluding hydrogens is 260 g/mol. The van der Waals surface area contributed by atoms with Crippen molar-refractivity contribution in [2.45, 2.75) is 25.6 Å². The van der Waals surface area contributed by atoms with E-state index in [0.717, 1.165) is 0 Å². The Balaban J connectivity index is 2.18. The van der Waals surface area contributed by atoms with E-state index >= 15 is 0 Å². The van der Waals surface area contributed by atoms with Gasteiger partial charge in [0.15, 0.2) is 5.69 Å². The van der Waals surface area contributed by atoms with Gasteiger partial charge in [-0.1, -0.05) is 0 Å². The van der Waals surface area contributed by atoms with E-state index in [4.69, 9.17) is 9.47 Å². The van der Waals surface area contributed by atoms with Crippen LogP contribution >= 0.6 is 0 Å². The minimum Gasteiger partial charge on any atom is -0.505 e. The van der Waals surface area contributed by atoms with Crippen molar-refractivity contribution in [1.29, 1.82) is 0 Å². The van der Waals surface area contributed by atoms with Crippen molar-refractivity contribution >= 4 is 5.91 Å². The molecule has 0 aliphatic carbocycles. The molecule has 0 radical (unpaired) electrons. The molecule has 1 amide bonds. The lowest BCUT2D eigenvalue weighted by molar-refractivity contribution is -0.143. The highest BCUT2D eigenvalue weighted by Crippen LogP contribution is 2.24. The summed E-state index contributed by atoms with van der Waals surface area (Å²) in [5.41, 5.74) is -0.386. The van der Waals surface area contributed by atoms with Gasteiger partial charge in [-0.05, 0) is 26.0 Å². The van der Waals surface area contributed by atoms with Crippen molar-refractivity contribution in [3.63, 3.8) is 0 Å². The summed E-state index contributed by atoms with van der Waals surface area (Å²) in [5.74, 6) is -0.398. The maximum absolute atomic E-state index is 12.5. The van der Waals surface area contributed by atoms with Gasteiger partial charge >= 0.3 is 0 Å². The van der Waals surface area contributed by atoms with E-state index in [1.165, 1.54) is 12.3 Å². The van der Waals surface area contributed by atoms with Gasteiger partial charge in [0.25, 0.3) is 5.91 Å². The molecule has 1 N–H and O–H groups in total. The van der Waals surface area contributed by atoms with Crippen LogP contribution in [0.25, 0.3) is 0 Å². The minimum absolute atomic E-state index is 0.0707. The van der Waals surface area contributed by atoms with Crippen LogP contribution in [-0.2, 0) is 9.47 Å². The Labute approximate surface area is 118 Å². The van der Waals surface area contributed by atoms with Gasteiger partial charge in [0.2, 0.25) is 0 Å². The second kappa shape index (κ2) is 5.76. The summed E-state index contributed by atoms with van der Waals surface area (Å²) in [6.45, 7) is 5.14. The van der Waals surface area contributed by atoms with Gasteiger partial charge in [0.1, 0.15) is 5.75 Å². The number of aromatic nitrogens is 1. The highest BCUT2D eigenvalue weighted by Gasteiger charge is 2.36. The highest BCUT2D eigenvalue weighted by atomic mass is 16.5. The third kappa shape index (κ3) is 3.26. The van der Waals surface area contributed by atoms with Gasteiger partial charge in [-0.15, -0.1) is 0 Å². The lowest BCUT2D eigenvalue weighted by atomic mass is 10.0. The molecule has 0 saturated carbocycles. The number of hydrogen-bond donors (Lipinski definition) is 1. The molecule has 1 saturated heterocycles. The first kappa shape index (κ1) is 14.7. The molecular formula is C14H20N2O4. The lowest BCUT2D eigenvalue weighted by Crippen LogP contribution is -2.55. The lowest BCUT2D eigenvalue weighted by Gasteiger charge is -2.42. The van der Waals surface area contributed by atoms with Gasteiger partial charge in [-0.2, -0.15) is 0 Å². The largest absolute Gasteiger partial charge is 0.505 e. The van der Waals surface area contributed by atoms with Crippen molar-refractivity contribution in [2.24, 2.45) is 0 Å². The fraction of sp³-hybridized carbons (Fsp3) is 0.571. The van der Waals surface area contributed by atoms with E-state index < -0.39 is 5.60 Å². The molecule has 0 aromatic carbocycles. The number of amides is 1. The first-order chi connectivity index (χ1) is 9.43. The number of nitrogens with zero attached hydrogens (tertiary/aromatic N) is 2. The molecule has 2 rings (SSSR count). The monoisotopic (exact) mass is 280 g/mol. The molecule has 1 fully saturated rings. The third-order valence-corrected chi connectivity index (χ3v) is 3.11. The van der Waals surface area contributed by atoms with E-state index in [1.807, 2.05) is 13.8 Å². The molecule has 6 nitrogen and oxygen atoms in total. The van der Waals surface area contributed by atoms with Gasteiger partial charge in [-0.3, -0.25) is 4.79 Å². The Hall–Kier alpha value is -1.66. The van der Waals surface area contributed by atoms with Crippen LogP contribution < -0.4 is 0 Å². The summed E-state index contributed by atoms with van der Waals surface area (Å²) in [6, 6.07) is 3.04. The molecule has 0 unspecified atom stereocenters. The van der Waals surface area contributed by atoms with E-state index in [2.05, 4.69) is 4.98 Å². The highest BCUT2D eigenvalue weighted by molar-refractivity contribution is 5.94. The molecule has 1 aliphatic rings. The fourth-order valence-electron chi connectivity index (χ4n) is 2.43. The third-order valence-electron chi connectivity index (χ3n) is 3.11. The number of methoxy groups -OCH3 is 1. The van der Waals surface area contributed by atoms with E-state index in [0.29, 0.717) is 19.7 Å². The van der Waals surface area contributed by atoms with E-state index in [9.17, 15) is 9.90 Å². The maximum Gasteiger partial charge on any atom is 0.276 e. The number of ether oxygens (including phenoxy) is 2. The van der Waals surface area contributed by atoms with Crippen molar-refractivity contribution in [2.75, 3.05) is 26.8 Å². The van der Waals surface area contributed by atoms with Crippen LogP contribution in [0.5, 0.6) is 5.75 Å². The van der Waals surface area contributed by atoms with Crippen molar-refractivity contribution in [3.8, 4) is 5.75 Å². The Bertz CT molecular complexity index is 490. The predicted molar refractivity (Wildman–Crippen MR) is 72.6 cm³/mol. The van der Waals surface area contributed by atoms with Crippen molar-refractivity contribution < 1.29 is 19.4 Å². The molecule has 0 spiro atoms. The number of rotatable bonds is 3. The zero-order valence-corrected chi connectivity index (χ0v) is 12.0. The number of aromatic hydroxyl groups is 1. The molecule has 1 aromatic rings. The van der Waals surface area contributed by atoms with Crippen LogP contribution in [-0.4, -0.2) is 59.4 Å². The number of pyridine rings is 1. The van der Waals surface area contributed by atoms with Crippen LogP contribution in [0, 0.1) is 0 Å². The minimum atomic E-state index is -0.457. The van der Waals surface area contributed by atoms with Gasteiger partial charge in [0.05, 0.1) is 18.3 Å². The van der Waals surface area contributed by atoms with Crippen molar-refractivity contribution in [1.82, 2.24) is 9.88 Å². The second-order valence-electron chi connectivity index (χ2n) is 5.51. The number of morpholine rings is 1. The SMILES string of the molecule is COC[C@H]1CN(C(=O)c2ncccc2O)CC(C)(C)O1. The van der Waals surface area contributed by atoms with Crippen LogP contribution in [0.3, 0.4) is 0 Å². The molecule has 20 heavy (non-hydrogen) atoms. The summed E-state index contributed by atoms with van der Waals surface area (Å²) in [6.07, 6.45) is 1.31. The van der Waals surface area contributed by atoms with E-state index in [1.54, 1.807) is 18.1 Å². The van der Waals surface area contributed by atoms with Crippen LogP contribution in [0.4, 0.5) is 0 Å². The Morgan fingerprint density at radius 1 is 1.65 bits per heavy atom. The number of carbonyl (C=O) groups excluding carboxylic acids is 1. The maximum atomic E-state index is 12.5. The summed E-state index contributed by atoms with van der Waals surface area (Å²) < 4.78 is 11.0. The summed E-state index contributed by atoms with van der Waals surface area (Å²) in [7, 11) is 1.60. The molecule has 2 heterocycles. The molecule has 6 heteroatoms. The Kier molecular flexibility index (Phi) is 4.25. The second-order valence-corrected chi connectivity index (χ2v) is 5.51. The first-order valence-electron chi connectivity index (χ1n) is 6.53. The van der Waals surface area contributed by atoms with Crippen LogP contribution in [0.1, 0.15) is 24.3 Å². The molecule has 0 bridgehead atoms. The first-order valence-corrected chi connectivity index (χ1v) is 6.53. The van der Waals surface area contributed by atoms with Crippen LogP contribution in [0.2, 0.25) is 0 Å². The predicted octanol–water partition coefficient (Wildman–Crippen LogP) is 1.05. The molecule has 1 aromatic heterocycles. The molecule has 1 aliphatic heterocycles. The van der Waals surface area contributed by atoms with Gasteiger partial charge < -0.3 is 19.5 Å². The van der Waals surface area contributed by atoms with E-state index in [-0.39, 0.29) is 23.5 Å². The van der Waals surface area contributed by atoms with Crippen molar-refractivity contribution in [3.05, 3.63) is 24.0 Å². The molecule has 1 atom stereocenters.